The molecule has 3 atom stereocenters. The van der Waals surface area contributed by atoms with Crippen LogP contribution in [-0.4, -0.2) is 63.8 Å². The molecule has 120 valence electrons. The molecule has 2 aliphatic rings. The number of rotatable bonds is 2. The molecule has 2 heterocycles. The maximum absolute atomic E-state index is 12.6. The highest BCUT2D eigenvalue weighted by molar-refractivity contribution is 5.83. The topological polar surface area (TPSA) is 81.1 Å². The van der Waals surface area contributed by atoms with Crippen molar-refractivity contribution in [1.82, 2.24) is 9.80 Å². The van der Waals surface area contributed by atoms with Crippen LogP contribution >= 0.6 is 0 Å². The van der Waals surface area contributed by atoms with Gasteiger partial charge in [0.2, 0.25) is 0 Å². The van der Waals surface area contributed by atoms with Crippen LogP contribution in [-0.2, 0) is 4.79 Å². The van der Waals surface area contributed by atoms with Gasteiger partial charge in [0.1, 0.15) is 6.04 Å². The van der Waals surface area contributed by atoms with Crippen molar-refractivity contribution in [2.75, 3.05) is 19.6 Å². The number of nitrogens with zero attached hydrogens (tertiary/aromatic N) is 2. The third-order valence-corrected chi connectivity index (χ3v) is 4.80. The molecule has 2 saturated heterocycles. The van der Waals surface area contributed by atoms with Crippen LogP contribution in [0, 0.1) is 11.8 Å². The Morgan fingerprint density at radius 3 is 2.52 bits per heavy atom. The summed E-state index contributed by atoms with van der Waals surface area (Å²) in [4.78, 5) is 26.9. The van der Waals surface area contributed by atoms with Gasteiger partial charge in [-0.15, -0.1) is 0 Å². The Labute approximate surface area is 125 Å². The number of β-amino-alcohol motifs (C(OH)–C–C–N with tert-alkyl or cyclic N) is 1. The predicted molar refractivity (Wildman–Crippen MR) is 77.9 cm³/mol. The smallest absolute Gasteiger partial charge is 0.326 e. The van der Waals surface area contributed by atoms with Crippen molar-refractivity contribution in [3.8, 4) is 0 Å². The number of urea groups is 1. The Balaban J connectivity index is 2.00. The normalized spacial score (nSPS) is 30.6. The summed E-state index contributed by atoms with van der Waals surface area (Å²) in [5.74, 6) is 0.206. The molecule has 2 fully saturated rings. The number of aliphatic carboxylic acids is 1. The molecule has 2 aliphatic heterocycles. The third-order valence-electron chi connectivity index (χ3n) is 4.80. The molecular formula is C15H26N2O4. The summed E-state index contributed by atoms with van der Waals surface area (Å²) in [6, 6.07) is -1.12. The van der Waals surface area contributed by atoms with E-state index in [1.807, 2.05) is 0 Å². The molecule has 1 unspecified atom stereocenters. The molecule has 2 N–H and O–H groups in total. The first-order valence-electron chi connectivity index (χ1n) is 7.86. The largest absolute Gasteiger partial charge is 0.480 e. The minimum atomic E-state index is -1.03. The molecule has 6 nitrogen and oxygen atoms in total. The van der Waals surface area contributed by atoms with Crippen molar-refractivity contribution in [2.24, 2.45) is 11.8 Å². The molecule has 0 aromatic rings. The van der Waals surface area contributed by atoms with Gasteiger partial charge in [0.05, 0.1) is 6.10 Å². The van der Waals surface area contributed by atoms with Gasteiger partial charge in [-0.1, -0.05) is 13.8 Å². The number of carboxylic acid groups (broad SMARTS) is 1. The summed E-state index contributed by atoms with van der Waals surface area (Å²) in [6.07, 6.45) is 2.45. The van der Waals surface area contributed by atoms with E-state index in [0.717, 1.165) is 19.3 Å². The zero-order valence-electron chi connectivity index (χ0n) is 12.9. The number of hydrogen-bond acceptors (Lipinski definition) is 3. The Hall–Kier alpha value is -1.30. The molecule has 0 aliphatic carbocycles. The van der Waals surface area contributed by atoms with Crippen LogP contribution in [0.3, 0.4) is 0 Å². The van der Waals surface area contributed by atoms with Crippen LogP contribution in [0.15, 0.2) is 0 Å². The highest BCUT2D eigenvalue weighted by atomic mass is 16.4. The monoisotopic (exact) mass is 298 g/mol. The number of hydrogen-bond donors (Lipinski definition) is 2. The van der Waals surface area contributed by atoms with E-state index in [-0.39, 0.29) is 19.0 Å². The van der Waals surface area contributed by atoms with Crippen LogP contribution in [0.2, 0.25) is 0 Å². The summed E-state index contributed by atoms with van der Waals surface area (Å²) in [6.45, 7) is 5.90. The van der Waals surface area contributed by atoms with Gasteiger partial charge >= 0.3 is 12.0 Å². The predicted octanol–water partition coefficient (Wildman–Crippen LogP) is 1.38. The van der Waals surface area contributed by atoms with Crippen molar-refractivity contribution in [3.63, 3.8) is 0 Å². The summed E-state index contributed by atoms with van der Waals surface area (Å²) in [7, 11) is 0. The molecule has 0 aromatic heterocycles. The maximum atomic E-state index is 12.6. The highest BCUT2D eigenvalue weighted by Crippen LogP contribution is 2.26. The Kier molecular flexibility index (Phi) is 5.08. The minimum absolute atomic E-state index is 0.125. The summed E-state index contributed by atoms with van der Waals surface area (Å²) < 4.78 is 0. The van der Waals surface area contributed by atoms with E-state index < -0.39 is 18.1 Å². The van der Waals surface area contributed by atoms with E-state index in [0.29, 0.717) is 24.9 Å². The fourth-order valence-corrected chi connectivity index (χ4v) is 3.42. The zero-order valence-corrected chi connectivity index (χ0v) is 12.9. The summed E-state index contributed by atoms with van der Waals surface area (Å²) >= 11 is 0. The van der Waals surface area contributed by atoms with Crippen molar-refractivity contribution < 1.29 is 19.8 Å². The number of carboxylic acids is 1. The van der Waals surface area contributed by atoms with Gasteiger partial charge in [-0.25, -0.2) is 9.59 Å². The second-order valence-electron chi connectivity index (χ2n) is 6.60. The Bertz CT molecular complexity index is 399. The molecule has 0 aromatic carbocycles. The summed E-state index contributed by atoms with van der Waals surface area (Å²) in [5.41, 5.74) is 0. The number of amides is 2. The van der Waals surface area contributed by atoms with Crippen molar-refractivity contribution >= 4 is 12.0 Å². The van der Waals surface area contributed by atoms with E-state index in [9.17, 15) is 19.8 Å². The number of carbonyl (C=O) groups excluding carboxylic acids is 1. The first-order chi connectivity index (χ1) is 9.90. The lowest BCUT2D eigenvalue weighted by Gasteiger charge is -2.29. The number of aliphatic hydroxyl groups excluding tert-OH is 1. The number of likely N-dealkylation sites (tertiary alicyclic amines) is 2. The lowest BCUT2D eigenvalue weighted by Crippen LogP contribution is -2.48. The standard InChI is InChI=1S/C15H26N2O4/c1-10(2)11-4-3-6-16(7-5-11)15(21)17-9-12(18)8-13(17)14(19)20/h10-13,18H,3-9H2,1-2H3,(H,19,20)/t11?,12-,13+/m1/s1. The minimum Gasteiger partial charge on any atom is -0.480 e. The lowest BCUT2D eigenvalue weighted by molar-refractivity contribution is -0.141. The molecule has 0 saturated carbocycles. The third kappa shape index (κ3) is 3.67. The van der Waals surface area contributed by atoms with Gasteiger partial charge in [0.25, 0.3) is 0 Å². The van der Waals surface area contributed by atoms with Gasteiger partial charge in [-0.05, 0) is 31.1 Å². The van der Waals surface area contributed by atoms with Crippen LogP contribution in [0.4, 0.5) is 4.79 Å². The molecule has 0 spiro atoms. The lowest BCUT2D eigenvalue weighted by atomic mass is 9.89. The molecule has 0 bridgehead atoms. The molecule has 2 amide bonds. The van der Waals surface area contributed by atoms with Gasteiger partial charge in [0, 0.05) is 26.1 Å². The quantitative estimate of drug-likeness (QED) is 0.807. The fraction of sp³-hybridized carbons (Fsp3) is 0.867. The molecular weight excluding hydrogens is 272 g/mol. The Morgan fingerprint density at radius 2 is 1.90 bits per heavy atom. The molecule has 2 rings (SSSR count). The molecule has 21 heavy (non-hydrogen) atoms. The zero-order chi connectivity index (χ0) is 15.6. The first-order valence-corrected chi connectivity index (χ1v) is 7.86. The second kappa shape index (κ2) is 6.64. The van der Waals surface area contributed by atoms with Crippen molar-refractivity contribution in [1.29, 1.82) is 0 Å². The molecule has 0 radical (unpaired) electrons. The fourth-order valence-electron chi connectivity index (χ4n) is 3.42. The van der Waals surface area contributed by atoms with Crippen molar-refractivity contribution in [2.45, 2.75) is 51.7 Å². The second-order valence-corrected chi connectivity index (χ2v) is 6.60. The van der Waals surface area contributed by atoms with E-state index in [4.69, 9.17) is 0 Å². The molecule has 6 heteroatoms. The SMILES string of the molecule is CC(C)C1CCCN(C(=O)N2C[C@H](O)C[C@H]2C(=O)O)CC1. The van der Waals surface area contributed by atoms with E-state index in [1.165, 1.54) is 4.90 Å². The van der Waals surface area contributed by atoms with Crippen LogP contribution in [0.1, 0.15) is 39.5 Å². The Morgan fingerprint density at radius 1 is 1.19 bits per heavy atom. The van der Waals surface area contributed by atoms with Crippen LogP contribution in [0.5, 0.6) is 0 Å². The van der Waals surface area contributed by atoms with Gasteiger partial charge < -0.3 is 20.0 Å². The first kappa shape index (κ1) is 16.1. The van der Waals surface area contributed by atoms with Crippen molar-refractivity contribution in [3.05, 3.63) is 0 Å². The van der Waals surface area contributed by atoms with Gasteiger partial charge in [0.15, 0.2) is 0 Å². The van der Waals surface area contributed by atoms with Crippen LogP contribution < -0.4 is 0 Å². The van der Waals surface area contributed by atoms with Crippen LogP contribution in [0.25, 0.3) is 0 Å². The average Bonchev–Trinajstić information content (AvgIpc) is 2.66. The summed E-state index contributed by atoms with van der Waals surface area (Å²) in [5, 5.41) is 18.9. The maximum Gasteiger partial charge on any atom is 0.326 e. The number of aliphatic hydroxyl groups is 1. The highest BCUT2D eigenvalue weighted by Gasteiger charge is 2.40. The van der Waals surface area contributed by atoms with Gasteiger partial charge in [-0.3, -0.25) is 0 Å². The number of carbonyl (C=O) groups is 2. The van der Waals surface area contributed by atoms with E-state index in [1.54, 1.807) is 4.90 Å². The van der Waals surface area contributed by atoms with E-state index in [2.05, 4.69) is 13.8 Å². The van der Waals surface area contributed by atoms with Gasteiger partial charge in [-0.2, -0.15) is 0 Å². The average molecular weight is 298 g/mol. The van der Waals surface area contributed by atoms with E-state index >= 15 is 0 Å².